The number of methoxy groups -OCH3 is 1. The Labute approximate surface area is 161 Å². The van der Waals surface area contributed by atoms with Gasteiger partial charge in [-0.05, 0) is 23.8 Å². The van der Waals surface area contributed by atoms with Crippen molar-refractivity contribution in [1.29, 1.82) is 0 Å². The lowest BCUT2D eigenvalue weighted by Crippen LogP contribution is -2.22. The predicted octanol–water partition coefficient (Wildman–Crippen LogP) is 2.32. The third-order valence-electron chi connectivity index (χ3n) is 3.47. The normalized spacial score (nSPS) is 11.7. The molecule has 0 heterocycles. The number of rotatable bonds is 6. The predicted molar refractivity (Wildman–Crippen MR) is 100 cm³/mol. The average Bonchev–Trinajstić information content (AvgIpc) is 2.64. The van der Waals surface area contributed by atoms with E-state index < -0.39 is 21.9 Å². The van der Waals surface area contributed by atoms with E-state index in [2.05, 4.69) is 15.3 Å². The molecule has 0 saturated heterocycles. The average molecular weight is 410 g/mol. The van der Waals surface area contributed by atoms with Gasteiger partial charge < -0.3 is 4.74 Å². The van der Waals surface area contributed by atoms with Crippen LogP contribution in [0.5, 0.6) is 0 Å². The van der Waals surface area contributed by atoms with Gasteiger partial charge in [0, 0.05) is 10.6 Å². The van der Waals surface area contributed by atoms with Crippen LogP contribution >= 0.6 is 11.6 Å². The number of halogens is 1. The number of sulfonamides is 1. The second-order valence-electron chi connectivity index (χ2n) is 5.31. The lowest BCUT2D eigenvalue weighted by molar-refractivity contribution is 0.0997. The van der Waals surface area contributed by atoms with Crippen molar-refractivity contribution in [3.63, 3.8) is 0 Å². The Hall–Kier alpha value is -2.75. The first kappa shape index (κ1) is 20.6. The summed E-state index contributed by atoms with van der Waals surface area (Å²) in [6.07, 6.45) is -1.11. The van der Waals surface area contributed by atoms with Gasteiger partial charge in [-0.1, -0.05) is 41.9 Å². The van der Waals surface area contributed by atoms with Crippen LogP contribution in [0.1, 0.15) is 22.3 Å². The van der Waals surface area contributed by atoms with Crippen molar-refractivity contribution >= 4 is 39.2 Å². The van der Waals surface area contributed by atoms with Gasteiger partial charge in [0.15, 0.2) is 5.78 Å². The minimum absolute atomic E-state index is 0.0697. The van der Waals surface area contributed by atoms with Gasteiger partial charge in [-0.3, -0.25) is 4.79 Å². The third kappa shape index (κ3) is 5.61. The number of carbonyl (C=O) groups is 2. The van der Waals surface area contributed by atoms with E-state index in [0.29, 0.717) is 10.6 Å². The minimum Gasteiger partial charge on any atom is -0.452 e. The van der Waals surface area contributed by atoms with Gasteiger partial charge in [-0.15, -0.1) is 0 Å². The second-order valence-corrected chi connectivity index (χ2v) is 7.28. The van der Waals surface area contributed by atoms with E-state index in [9.17, 15) is 18.0 Å². The summed E-state index contributed by atoms with van der Waals surface area (Å²) in [6.45, 7) is 0. The molecule has 2 aromatic carbocycles. The molecule has 0 aromatic heterocycles. The quantitative estimate of drug-likeness (QED) is 0.430. The van der Waals surface area contributed by atoms with E-state index in [1.54, 1.807) is 24.3 Å². The summed E-state index contributed by atoms with van der Waals surface area (Å²) in [6, 6.07) is 12.0. The van der Waals surface area contributed by atoms with Gasteiger partial charge >= 0.3 is 6.09 Å². The standard InChI is InChI=1S/C17H16ClN3O5S/c1-26-17(23)21-20-14(11-6-8-12(18)9-7-11)10-15(22)13-4-2-3-5-16(13)27(19,24)25/h2-9H,10H2,1H3,(H,21,23)(H2,19,24,25)/b20-14+. The summed E-state index contributed by atoms with van der Waals surface area (Å²) in [4.78, 5) is 23.7. The van der Waals surface area contributed by atoms with Crippen molar-refractivity contribution in [1.82, 2.24) is 5.43 Å². The Morgan fingerprint density at radius 2 is 1.78 bits per heavy atom. The summed E-state index contributed by atoms with van der Waals surface area (Å²) in [5, 5.41) is 9.55. The van der Waals surface area contributed by atoms with Crippen LogP contribution < -0.4 is 10.6 Å². The molecule has 0 bridgehead atoms. The fourth-order valence-corrected chi connectivity index (χ4v) is 3.08. The van der Waals surface area contributed by atoms with E-state index in [1.807, 2.05) is 0 Å². The molecule has 0 aliphatic rings. The van der Waals surface area contributed by atoms with Crippen molar-refractivity contribution in [3.05, 3.63) is 64.7 Å². The number of hydrogen-bond donors (Lipinski definition) is 2. The van der Waals surface area contributed by atoms with Crippen molar-refractivity contribution < 1.29 is 22.7 Å². The van der Waals surface area contributed by atoms with Crippen molar-refractivity contribution in [2.24, 2.45) is 10.2 Å². The molecule has 0 aliphatic heterocycles. The van der Waals surface area contributed by atoms with Gasteiger partial charge in [0.1, 0.15) is 0 Å². The number of hydrazone groups is 1. The largest absolute Gasteiger partial charge is 0.452 e. The van der Waals surface area contributed by atoms with Crippen LogP contribution in [0.15, 0.2) is 58.5 Å². The number of carbonyl (C=O) groups excluding carboxylic acids is 2. The molecule has 2 rings (SSSR count). The van der Waals surface area contributed by atoms with Gasteiger partial charge in [0.2, 0.25) is 10.0 Å². The number of benzene rings is 2. The SMILES string of the molecule is COC(=O)N/N=C(\CC(=O)c1ccccc1S(N)(=O)=O)c1ccc(Cl)cc1. The van der Waals surface area contributed by atoms with E-state index >= 15 is 0 Å². The van der Waals surface area contributed by atoms with Gasteiger partial charge in [0.05, 0.1) is 24.1 Å². The highest BCUT2D eigenvalue weighted by molar-refractivity contribution is 7.89. The van der Waals surface area contributed by atoms with Gasteiger partial charge in [-0.2, -0.15) is 5.10 Å². The number of hydrogen-bond acceptors (Lipinski definition) is 6. The molecule has 0 saturated carbocycles. The van der Waals surface area contributed by atoms with Crippen molar-refractivity contribution in [2.75, 3.05) is 7.11 Å². The third-order valence-corrected chi connectivity index (χ3v) is 4.69. The summed E-state index contributed by atoms with van der Waals surface area (Å²) < 4.78 is 27.9. The number of nitrogens with zero attached hydrogens (tertiary/aromatic N) is 1. The molecule has 0 atom stereocenters. The highest BCUT2D eigenvalue weighted by Gasteiger charge is 2.21. The number of nitrogens with two attached hydrogens (primary N) is 1. The van der Waals surface area contributed by atoms with Crippen LogP contribution in [-0.2, 0) is 14.8 Å². The number of primary sulfonamides is 1. The lowest BCUT2D eigenvalue weighted by Gasteiger charge is -2.09. The molecule has 142 valence electrons. The molecule has 8 nitrogen and oxygen atoms in total. The molecule has 2 aromatic rings. The second kappa shape index (κ2) is 8.76. The monoisotopic (exact) mass is 409 g/mol. The van der Waals surface area contributed by atoms with Crippen LogP contribution in [0.4, 0.5) is 4.79 Å². The number of ketones is 1. The molecule has 0 unspecified atom stereocenters. The maximum absolute atomic E-state index is 12.7. The van der Waals surface area contributed by atoms with E-state index in [1.165, 1.54) is 31.4 Å². The van der Waals surface area contributed by atoms with Gasteiger partial charge in [0.25, 0.3) is 0 Å². The molecule has 27 heavy (non-hydrogen) atoms. The Morgan fingerprint density at radius 3 is 2.37 bits per heavy atom. The Bertz CT molecular complexity index is 988. The molecule has 0 spiro atoms. The zero-order valence-corrected chi connectivity index (χ0v) is 15.8. The molecular formula is C17H16ClN3O5S. The smallest absolute Gasteiger partial charge is 0.427 e. The first-order valence-corrected chi connectivity index (χ1v) is 9.46. The first-order valence-electron chi connectivity index (χ1n) is 7.54. The summed E-state index contributed by atoms with van der Waals surface area (Å²) in [5.74, 6) is -0.542. The zero-order valence-electron chi connectivity index (χ0n) is 14.2. The molecular weight excluding hydrogens is 394 g/mol. The van der Waals surface area contributed by atoms with Gasteiger partial charge in [-0.25, -0.2) is 23.8 Å². The number of Topliss-reactive ketones (excluding diaryl/α,β-unsaturated/α-hetero) is 1. The first-order chi connectivity index (χ1) is 12.7. The topological polar surface area (TPSA) is 128 Å². The summed E-state index contributed by atoms with van der Waals surface area (Å²) in [7, 11) is -2.92. The molecule has 0 fully saturated rings. The summed E-state index contributed by atoms with van der Waals surface area (Å²) >= 11 is 5.86. The lowest BCUT2D eigenvalue weighted by atomic mass is 10.0. The maximum atomic E-state index is 12.7. The van der Waals surface area contributed by atoms with Crippen LogP contribution in [0.25, 0.3) is 0 Å². The van der Waals surface area contributed by atoms with Crippen LogP contribution in [0.2, 0.25) is 5.02 Å². The maximum Gasteiger partial charge on any atom is 0.427 e. The Kier molecular flexibility index (Phi) is 6.67. The van der Waals surface area contributed by atoms with E-state index in [4.69, 9.17) is 16.7 Å². The number of amides is 1. The Balaban J connectivity index is 2.40. The molecule has 1 amide bonds. The Morgan fingerprint density at radius 1 is 1.15 bits per heavy atom. The van der Waals surface area contributed by atoms with E-state index in [0.717, 1.165) is 0 Å². The van der Waals surface area contributed by atoms with Crippen LogP contribution in [0.3, 0.4) is 0 Å². The van der Waals surface area contributed by atoms with Crippen molar-refractivity contribution in [2.45, 2.75) is 11.3 Å². The van der Waals surface area contributed by atoms with Crippen LogP contribution in [-0.4, -0.2) is 33.1 Å². The van der Waals surface area contributed by atoms with Crippen LogP contribution in [0, 0.1) is 0 Å². The minimum atomic E-state index is -4.08. The fraction of sp³-hybridized carbons (Fsp3) is 0.118. The highest BCUT2D eigenvalue weighted by atomic mass is 35.5. The van der Waals surface area contributed by atoms with Crippen molar-refractivity contribution in [3.8, 4) is 0 Å². The number of nitrogens with one attached hydrogen (secondary N) is 1. The molecule has 0 aliphatic carbocycles. The highest BCUT2D eigenvalue weighted by Crippen LogP contribution is 2.18. The summed E-state index contributed by atoms with van der Waals surface area (Å²) in [5.41, 5.74) is 2.77. The zero-order chi connectivity index (χ0) is 20.0. The number of ether oxygens (including phenoxy) is 1. The van der Waals surface area contributed by atoms with E-state index in [-0.39, 0.29) is 22.6 Å². The molecule has 3 N–H and O–H groups in total. The fourth-order valence-electron chi connectivity index (χ4n) is 2.20. The molecule has 10 heteroatoms. The molecule has 0 radical (unpaired) electrons.